The molecule has 0 unspecified atom stereocenters. The maximum absolute atomic E-state index is 13.9. The predicted octanol–water partition coefficient (Wildman–Crippen LogP) is 3.46. The summed E-state index contributed by atoms with van der Waals surface area (Å²) >= 11 is 0. The number of amides is 5. The molecule has 6 atom stereocenters. The van der Waals surface area contributed by atoms with E-state index in [1.165, 1.54) is 0 Å². The first-order valence-electron chi connectivity index (χ1n) is 19.2. The molecule has 15 heteroatoms. The number of aryl methyl sites for hydroxylation is 1. The molecule has 15 nitrogen and oxygen atoms in total. The number of carbonyl (C=O) groups excluding carboxylic acids is 5. The van der Waals surface area contributed by atoms with Gasteiger partial charge in [-0.1, -0.05) is 78.3 Å². The van der Waals surface area contributed by atoms with Gasteiger partial charge in [0.1, 0.15) is 35.4 Å². The molecule has 1 heterocycles. The number of aliphatic hydroxyl groups excluding tert-OH is 1. The van der Waals surface area contributed by atoms with Crippen molar-refractivity contribution >= 4 is 35.5 Å². The topological polar surface area (TPSA) is 227 Å². The summed E-state index contributed by atoms with van der Waals surface area (Å²) in [5, 5.41) is 25.5. The summed E-state index contributed by atoms with van der Waals surface area (Å²) in [6, 6.07) is 5.64. The lowest BCUT2D eigenvalue weighted by Crippen LogP contribution is -2.58. The number of alkyl carbamates (subject to hydrolysis) is 1. The molecule has 0 aliphatic rings. The average molecular weight is 769 g/mol. The number of ether oxygens (including phenoxy) is 1. The molecule has 0 radical (unpaired) electrons. The monoisotopic (exact) mass is 768 g/mol. The van der Waals surface area contributed by atoms with Gasteiger partial charge in [0, 0.05) is 24.7 Å². The largest absolute Gasteiger partial charge is 0.444 e. The molecule has 0 aliphatic carbocycles. The summed E-state index contributed by atoms with van der Waals surface area (Å²) in [6.07, 6.45) is 0.660. The number of nitrogen functional groups attached to an aromatic ring is 1. The van der Waals surface area contributed by atoms with Crippen molar-refractivity contribution in [3.63, 3.8) is 0 Å². The Morgan fingerprint density at radius 2 is 1.55 bits per heavy atom. The summed E-state index contributed by atoms with van der Waals surface area (Å²) in [7, 11) is 0. The number of nitrogens with one attached hydrogen (secondary N) is 5. The highest BCUT2D eigenvalue weighted by atomic mass is 16.6. The van der Waals surface area contributed by atoms with Gasteiger partial charge in [-0.05, 0) is 70.3 Å². The van der Waals surface area contributed by atoms with Crippen molar-refractivity contribution in [1.82, 2.24) is 36.6 Å². The van der Waals surface area contributed by atoms with Crippen LogP contribution in [0.2, 0.25) is 0 Å². The Morgan fingerprint density at radius 3 is 2.11 bits per heavy atom. The molecule has 5 amide bonds. The fourth-order valence-corrected chi connectivity index (χ4v) is 5.73. The highest BCUT2D eigenvalue weighted by molar-refractivity contribution is 5.91. The van der Waals surface area contributed by atoms with Crippen molar-refractivity contribution in [2.24, 2.45) is 17.8 Å². The van der Waals surface area contributed by atoms with Crippen molar-refractivity contribution < 1.29 is 33.8 Å². The molecular weight excluding hydrogens is 704 g/mol. The Morgan fingerprint density at radius 1 is 0.891 bits per heavy atom. The third kappa shape index (κ3) is 16.6. The number of anilines is 1. The van der Waals surface area contributed by atoms with Gasteiger partial charge in [-0.25, -0.2) is 14.8 Å². The van der Waals surface area contributed by atoms with Crippen LogP contribution in [0.4, 0.5) is 10.6 Å². The van der Waals surface area contributed by atoms with Gasteiger partial charge in [0.2, 0.25) is 23.6 Å². The Kier molecular flexibility index (Phi) is 18.5. The normalized spacial score (nSPS) is 14.9. The third-order valence-corrected chi connectivity index (χ3v) is 9.00. The molecular formula is C40H64N8O7. The molecule has 0 fully saturated rings. The zero-order valence-corrected chi connectivity index (χ0v) is 34.2. The third-order valence-electron chi connectivity index (χ3n) is 9.00. The number of nitrogens with zero attached hydrogens (tertiary/aromatic N) is 2. The molecule has 1 aromatic heterocycles. The van der Waals surface area contributed by atoms with E-state index in [-0.39, 0.29) is 49.4 Å². The molecule has 55 heavy (non-hydrogen) atoms. The van der Waals surface area contributed by atoms with Crippen molar-refractivity contribution in [2.45, 2.75) is 144 Å². The molecule has 306 valence electrons. The first kappa shape index (κ1) is 46.4. The number of hydrogen-bond donors (Lipinski definition) is 7. The fraction of sp³-hybridized carbons (Fsp3) is 0.625. The SMILES string of the molecule is CC[C@H](C)[C@H](NC(=O)CC[C@@H](O)[C@H](Cc1ccccc1)NC(=O)[C@@H](NC(=O)[C@H](CC(C)C)NC(=O)OC(C)(C)C)C(C)C)C(=O)NCc1cnc(C)nc1N. The quantitative estimate of drug-likeness (QED) is 0.104. The number of nitrogens with two attached hydrogens (primary N) is 1. The van der Waals surface area contributed by atoms with Gasteiger partial charge in [-0.2, -0.15) is 0 Å². The van der Waals surface area contributed by atoms with Gasteiger partial charge in [0.05, 0.1) is 12.1 Å². The molecule has 0 bridgehead atoms. The van der Waals surface area contributed by atoms with E-state index in [1.807, 2.05) is 58.0 Å². The maximum Gasteiger partial charge on any atom is 0.408 e. The van der Waals surface area contributed by atoms with Crippen LogP contribution in [0.15, 0.2) is 36.5 Å². The minimum Gasteiger partial charge on any atom is -0.444 e. The van der Waals surface area contributed by atoms with Crippen LogP contribution in [-0.4, -0.2) is 80.7 Å². The van der Waals surface area contributed by atoms with E-state index in [0.717, 1.165) is 5.56 Å². The van der Waals surface area contributed by atoms with Crippen molar-refractivity contribution in [2.75, 3.05) is 5.73 Å². The van der Waals surface area contributed by atoms with E-state index in [0.29, 0.717) is 24.2 Å². The van der Waals surface area contributed by atoms with Crippen LogP contribution < -0.4 is 32.3 Å². The van der Waals surface area contributed by atoms with E-state index >= 15 is 0 Å². The van der Waals surface area contributed by atoms with Gasteiger partial charge in [-0.15, -0.1) is 0 Å². The Hall–Kier alpha value is -4.79. The van der Waals surface area contributed by atoms with Crippen LogP contribution in [0.1, 0.15) is 105 Å². The lowest BCUT2D eigenvalue weighted by molar-refractivity contribution is -0.132. The summed E-state index contributed by atoms with van der Waals surface area (Å²) in [5.74, 6) is -1.64. The minimum atomic E-state index is -1.17. The van der Waals surface area contributed by atoms with E-state index in [4.69, 9.17) is 10.5 Å². The molecule has 2 aromatic rings. The summed E-state index contributed by atoms with van der Waals surface area (Å²) in [4.78, 5) is 74.7. The summed E-state index contributed by atoms with van der Waals surface area (Å²) in [6.45, 7) is 18.1. The summed E-state index contributed by atoms with van der Waals surface area (Å²) < 4.78 is 5.37. The Labute approximate surface area is 326 Å². The number of aromatic nitrogens is 2. The molecule has 8 N–H and O–H groups in total. The average Bonchev–Trinajstić information content (AvgIpc) is 3.09. The lowest BCUT2D eigenvalue weighted by Gasteiger charge is -2.30. The van der Waals surface area contributed by atoms with E-state index in [9.17, 15) is 29.1 Å². The van der Waals surface area contributed by atoms with Crippen molar-refractivity contribution in [1.29, 1.82) is 0 Å². The van der Waals surface area contributed by atoms with Gasteiger partial charge < -0.3 is 42.2 Å². The van der Waals surface area contributed by atoms with Crippen LogP contribution >= 0.6 is 0 Å². The number of hydrogen-bond acceptors (Lipinski definition) is 10. The van der Waals surface area contributed by atoms with Gasteiger partial charge in [0.25, 0.3) is 0 Å². The number of aliphatic hydroxyl groups is 1. The second-order valence-electron chi connectivity index (χ2n) is 15.9. The molecule has 2 rings (SSSR count). The lowest BCUT2D eigenvalue weighted by atomic mass is 9.95. The standard InChI is InChI=1S/C40H64N8O7/c1-11-25(6)34(37(52)43-22-28-21-42-26(7)44-35(28)41)47-32(50)18-17-31(49)29(20-27-15-13-12-14-16-27)45-38(53)33(24(4)5)48-36(51)30(19-23(2)3)46-39(54)55-40(8,9)10/h12-16,21,23-25,29-31,33-34,49H,11,17-20,22H2,1-10H3,(H,43,52)(H,45,53)(H,46,54)(H,47,50)(H,48,51)(H2,41,42,44)/t25-,29-,30-,31+,33-,34-/m0/s1. The van der Waals surface area contributed by atoms with Crippen LogP contribution in [0, 0.1) is 24.7 Å². The van der Waals surface area contributed by atoms with E-state index in [1.54, 1.807) is 47.7 Å². The molecule has 1 aromatic carbocycles. The van der Waals surface area contributed by atoms with Crippen molar-refractivity contribution in [3.8, 4) is 0 Å². The van der Waals surface area contributed by atoms with E-state index < -0.39 is 65.6 Å². The first-order chi connectivity index (χ1) is 25.7. The van der Waals surface area contributed by atoms with Crippen LogP contribution in [0.5, 0.6) is 0 Å². The predicted molar refractivity (Wildman–Crippen MR) is 211 cm³/mol. The fourth-order valence-electron chi connectivity index (χ4n) is 5.73. The Balaban J connectivity index is 2.17. The molecule has 0 saturated heterocycles. The molecule has 0 spiro atoms. The highest BCUT2D eigenvalue weighted by Crippen LogP contribution is 2.16. The first-order valence-corrected chi connectivity index (χ1v) is 19.2. The van der Waals surface area contributed by atoms with Crippen LogP contribution in [0.3, 0.4) is 0 Å². The zero-order chi connectivity index (χ0) is 41.5. The second kappa shape index (κ2) is 21.9. The second-order valence-corrected chi connectivity index (χ2v) is 15.9. The molecule has 0 saturated carbocycles. The summed E-state index contributed by atoms with van der Waals surface area (Å²) in [5.41, 5.74) is 6.60. The van der Waals surface area contributed by atoms with Gasteiger partial charge >= 0.3 is 6.09 Å². The van der Waals surface area contributed by atoms with Gasteiger partial charge in [-0.3, -0.25) is 19.2 Å². The number of rotatable bonds is 20. The number of benzene rings is 1. The number of carbonyl (C=O) groups is 5. The van der Waals surface area contributed by atoms with Crippen LogP contribution in [0.25, 0.3) is 0 Å². The van der Waals surface area contributed by atoms with Crippen molar-refractivity contribution in [3.05, 3.63) is 53.5 Å². The molecule has 0 aliphatic heterocycles. The smallest absolute Gasteiger partial charge is 0.408 e. The Bertz CT molecular complexity index is 1560. The van der Waals surface area contributed by atoms with E-state index in [2.05, 4.69) is 36.6 Å². The van der Waals surface area contributed by atoms with Gasteiger partial charge in [0.15, 0.2) is 0 Å². The van der Waals surface area contributed by atoms with Crippen LogP contribution in [-0.2, 0) is 36.9 Å². The zero-order valence-electron chi connectivity index (χ0n) is 34.2. The minimum absolute atomic E-state index is 0.0231. The maximum atomic E-state index is 13.9. The highest BCUT2D eigenvalue weighted by Gasteiger charge is 2.33.